The quantitative estimate of drug-likeness (QED) is 0.252. The second kappa shape index (κ2) is 8.80. The van der Waals surface area contributed by atoms with Crippen LogP contribution in [0.15, 0.2) is 17.1 Å². The smallest absolute Gasteiger partial charge is 0.349 e. The van der Waals surface area contributed by atoms with E-state index < -0.39 is 66.7 Å². The number of aromatic nitrogens is 2. The van der Waals surface area contributed by atoms with Gasteiger partial charge in [0.1, 0.15) is 12.2 Å². The highest BCUT2D eigenvalue weighted by atomic mass is 31.3. The predicted octanol–water partition coefficient (Wildman–Crippen LogP) is -7.18. The maximum atomic E-state index is 11.9. The molecule has 1 unspecified atom stereocenters. The van der Waals surface area contributed by atoms with E-state index in [4.69, 9.17) is 9.63 Å². The molecule has 2 heterocycles. The van der Waals surface area contributed by atoms with Gasteiger partial charge in [-0.15, -0.1) is 0 Å². The molecule has 0 aliphatic carbocycles. The molecule has 17 nitrogen and oxygen atoms in total. The molecule has 1 aliphatic heterocycles. The molecule has 4 N–H and O–H groups in total. The van der Waals surface area contributed by atoms with Crippen molar-refractivity contribution >= 4 is 24.0 Å². The van der Waals surface area contributed by atoms with Crippen LogP contribution in [0.25, 0.3) is 0 Å². The summed E-state index contributed by atoms with van der Waals surface area (Å²) in [4.78, 5) is 81.0. The summed E-state index contributed by atoms with van der Waals surface area (Å²) in [5.74, 6) is -0.951. The van der Waals surface area contributed by atoms with Gasteiger partial charge in [0.25, 0.3) is 0 Å². The van der Waals surface area contributed by atoms with Gasteiger partial charge in [-0.25, -0.2) is 14.3 Å². The molecule has 166 valence electrons. The number of hydrogen-bond acceptors (Lipinski definition) is 15. The SMILES string of the molecule is O=c1nc([O-])ccn1[C@@H]1O[C@H](CO)[C@@H](O)[C@H]1O[P+]([O-])([O-])N[P+]([O-])([O-])OP(=O)([O-])O. The molecule has 1 saturated heterocycles. The molecular formula is C9H12N3O14P3-4. The average molecular weight is 479 g/mol. The molecule has 1 aromatic rings. The average Bonchev–Trinajstić information content (AvgIpc) is 2.79. The summed E-state index contributed by atoms with van der Waals surface area (Å²) < 4.78 is 23.7. The van der Waals surface area contributed by atoms with Crippen LogP contribution in [0, 0.1) is 0 Å². The Morgan fingerprint density at radius 2 is 1.97 bits per heavy atom. The highest BCUT2D eigenvalue weighted by molar-refractivity contribution is 7.73. The van der Waals surface area contributed by atoms with Gasteiger partial charge in [-0.1, -0.05) is 0 Å². The van der Waals surface area contributed by atoms with Crippen LogP contribution in [0.3, 0.4) is 0 Å². The number of hydrogen-bond donors (Lipinski definition) is 4. The first-order valence-electron chi connectivity index (χ1n) is 7.20. The summed E-state index contributed by atoms with van der Waals surface area (Å²) in [5.41, 5.74) is -1.25. The number of nitrogens with zero attached hydrogens (tertiary/aromatic N) is 2. The Morgan fingerprint density at radius 3 is 2.48 bits per heavy atom. The van der Waals surface area contributed by atoms with Crippen molar-refractivity contribution in [2.75, 3.05) is 6.61 Å². The molecule has 29 heavy (non-hydrogen) atoms. The van der Waals surface area contributed by atoms with Crippen LogP contribution in [0.2, 0.25) is 0 Å². The van der Waals surface area contributed by atoms with E-state index in [-0.39, 0.29) is 0 Å². The zero-order valence-electron chi connectivity index (χ0n) is 13.7. The summed E-state index contributed by atoms with van der Waals surface area (Å²) in [6.07, 6.45) is -6.49. The normalized spacial score (nSPS) is 27.7. The molecular weight excluding hydrogens is 467 g/mol. The second-order valence-corrected chi connectivity index (χ2v) is 10.0. The minimum Gasteiger partial charge on any atom is -0.858 e. The highest BCUT2D eigenvalue weighted by Crippen LogP contribution is 2.59. The van der Waals surface area contributed by atoms with Crippen molar-refractivity contribution in [1.82, 2.24) is 14.4 Å². The number of rotatable bonds is 8. The standard InChI is InChI=1S/C9H16N3O14P3/c13-3-4-6(15)7(8(24-4)12-2-1-5(14)10-9(12)16)25-27(17,18)11-28(19,20)26-29(21,22)23/h1-2,4,6-8,13,15H,3H2,(H,10,14,16)(H2,21,22,23)(H3,11,17,18,19,20)/p-4/t4-,6-,7-,8-/m1/s1. The summed E-state index contributed by atoms with van der Waals surface area (Å²) in [6.45, 7) is -0.886. The van der Waals surface area contributed by atoms with Gasteiger partial charge in [0, 0.05) is 6.20 Å². The van der Waals surface area contributed by atoms with Crippen molar-refractivity contribution in [1.29, 1.82) is 0 Å². The summed E-state index contributed by atoms with van der Waals surface area (Å²) in [7, 11) is -17.7. The van der Waals surface area contributed by atoms with Crippen LogP contribution in [0.4, 0.5) is 0 Å². The largest absolute Gasteiger partial charge is 0.858 e. The lowest BCUT2D eigenvalue weighted by atomic mass is 10.1. The minimum atomic E-state index is -5.96. The molecule has 1 aromatic heterocycles. The van der Waals surface area contributed by atoms with E-state index in [9.17, 15) is 49.1 Å². The Balaban J connectivity index is 2.28. The minimum absolute atomic E-state index is 0.526. The van der Waals surface area contributed by atoms with Gasteiger partial charge in [0.2, 0.25) is 0 Å². The van der Waals surface area contributed by atoms with Gasteiger partial charge < -0.3 is 49.4 Å². The number of phosphoric acid groups is 1. The Labute approximate surface area is 161 Å². The third-order valence-corrected chi connectivity index (χ3v) is 7.45. The molecule has 0 amide bonds. The fourth-order valence-electron chi connectivity index (χ4n) is 2.29. The molecule has 2 rings (SSSR count). The third-order valence-electron chi connectivity index (χ3n) is 3.29. The van der Waals surface area contributed by atoms with E-state index in [1.165, 1.54) is 0 Å². The number of nitrogens with one attached hydrogen (secondary N) is 1. The van der Waals surface area contributed by atoms with Crippen molar-refractivity contribution < 1.29 is 62.8 Å². The first-order valence-corrected chi connectivity index (χ1v) is 11.8. The van der Waals surface area contributed by atoms with Crippen LogP contribution in [0.5, 0.6) is 5.88 Å². The van der Waals surface area contributed by atoms with Gasteiger partial charge >= 0.3 is 13.5 Å². The molecule has 0 aromatic carbocycles. The van der Waals surface area contributed by atoms with E-state index >= 15 is 0 Å². The van der Waals surface area contributed by atoms with Crippen molar-refractivity contribution in [3.8, 4) is 5.88 Å². The Kier molecular flexibility index (Phi) is 7.45. The molecule has 0 spiro atoms. The predicted molar refractivity (Wildman–Crippen MR) is 77.7 cm³/mol. The van der Waals surface area contributed by atoms with Crippen molar-refractivity contribution in [3.05, 3.63) is 22.7 Å². The van der Waals surface area contributed by atoms with Crippen LogP contribution >= 0.6 is 24.0 Å². The van der Waals surface area contributed by atoms with Crippen molar-refractivity contribution in [2.24, 2.45) is 0 Å². The number of aliphatic hydroxyl groups is 2. The molecule has 0 bridgehead atoms. The summed E-state index contributed by atoms with van der Waals surface area (Å²) in [6, 6.07) is 0.780. The summed E-state index contributed by atoms with van der Waals surface area (Å²) in [5, 5.41) is 30.3. The first kappa shape index (κ1) is 24.6. The van der Waals surface area contributed by atoms with Gasteiger partial charge in [-0.3, -0.25) is 9.13 Å². The van der Waals surface area contributed by atoms with Gasteiger partial charge in [-0.05, 0) is 16.8 Å². The number of aliphatic hydroxyl groups excluding tert-OH is 2. The van der Waals surface area contributed by atoms with E-state index in [0.717, 1.165) is 12.3 Å². The highest BCUT2D eigenvalue weighted by Gasteiger charge is 2.50. The number of ether oxygens (including phenoxy) is 1. The fourth-order valence-corrected chi connectivity index (χ4v) is 5.78. The second-order valence-electron chi connectivity index (χ2n) is 5.41. The maximum absolute atomic E-state index is 11.9. The fraction of sp³-hybridized carbons (Fsp3) is 0.556. The lowest BCUT2D eigenvalue weighted by molar-refractivity contribution is -0.358. The monoisotopic (exact) mass is 479 g/mol. The van der Waals surface area contributed by atoms with Crippen LogP contribution < -0.4 is 40.1 Å². The van der Waals surface area contributed by atoms with Crippen LogP contribution in [-0.2, 0) is 18.1 Å². The van der Waals surface area contributed by atoms with Gasteiger partial charge in [0.15, 0.2) is 28.5 Å². The van der Waals surface area contributed by atoms with Crippen molar-refractivity contribution in [2.45, 2.75) is 24.5 Å². The first-order chi connectivity index (χ1) is 13.1. The third kappa shape index (κ3) is 6.63. The lowest BCUT2D eigenvalue weighted by Crippen LogP contribution is -2.48. The maximum Gasteiger partial charge on any atom is 0.349 e. The molecule has 1 fully saturated rings. The van der Waals surface area contributed by atoms with E-state index in [2.05, 4.69) is 13.8 Å². The Hall–Kier alpha value is -0.710. The zero-order chi connectivity index (χ0) is 22.2. The molecule has 0 saturated carbocycles. The molecule has 0 radical (unpaired) electrons. The topological polar surface area (TPSA) is 291 Å². The molecule has 20 heteroatoms. The Bertz CT molecular complexity index is 828. The lowest BCUT2D eigenvalue weighted by Gasteiger charge is -2.43. The van der Waals surface area contributed by atoms with E-state index in [0.29, 0.717) is 9.42 Å². The molecule has 1 aliphatic rings. The van der Waals surface area contributed by atoms with Gasteiger partial charge in [-0.2, -0.15) is 4.31 Å². The Morgan fingerprint density at radius 1 is 1.34 bits per heavy atom. The van der Waals surface area contributed by atoms with Crippen molar-refractivity contribution in [3.63, 3.8) is 0 Å². The summed E-state index contributed by atoms with van der Waals surface area (Å²) >= 11 is 0. The van der Waals surface area contributed by atoms with Crippen LogP contribution in [0.1, 0.15) is 6.23 Å². The van der Waals surface area contributed by atoms with E-state index in [1.54, 1.807) is 0 Å². The van der Waals surface area contributed by atoms with Crippen LogP contribution in [-0.4, -0.2) is 49.6 Å². The molecule has 5 atom stereocenters. The van der Waals surface area contributed by atoms with E-state index in [1.807, 2.05) is 0 Å². The van der Waals surface area contributed by atoms with Gasteiger partial charge in [0.05, 0.1) is 6.61 Å². The zero-order valence-corrected chi connectivity index (χ0v) is 16.4.